The molecule has 0 spiro atoms. The molecule has 0 aromatic rings. The Hall–Kier alpha value is -0.433. The quantitative estimate of drug-likeness (QED) is 0.592. The summed E-state index contributed by atoms with van der Waals surface area (Å²) < 4.78 is 22.8. The number of hydrogen-bond donors (Lipinski definition) is 0. The molecule has 0 N–H and O–H groups in total. The van der Waals surface area contributed by atoms with Crippen molar-refractivity contribution in [1.29, 1.82) is 0 Å². The molecular formula is C14H26O5Si. The second-order valence-corrected chi connectivity index (χ2v) is 12.4. The fourth-order valence-electron chi connectivity index (χ4n) is 2.16. The van der Waals surface area contributed by atoms with Crippen LogP contribution in [0.15, 0.2) is 0 Å². The first kappa shape index (κ1) is 15.9. The number of ether oxygens (including phenoxy) is 3. The molecule has 0 radical (unpaired) electrons. The zero-order valence-corrected chi connectivity index (χ0v) is 14.5. The zero-order valence-electron chi connectivity index (χ0n) is 13.5. The van der Waals surface area contributed by atoms with Gasteiger partial charge in [0.1, 0.15) is 6.10 Å². The lowest BCUT2D eigenvalue weighted by molar-refractivity contribution is -0.188. The zero-order chi connectivity index (χ0) is 15.3. The van der Waals surface area contributed by atoms with Gasteiger partial charge in [-0.15, -0.1) is 0 Å². The minimum atomic E-state index is -1.86. The van der Waals surface area contributed by atoms with Gasteiger partial charge in [0.2, 0.25) is 0 Å². The van der Waals surface area contributed by atoms with Crippen molar-refractivity contribution in [2.24, 2.45) is 0 Å². The third kappa shape index (κ3) is 2.93. The normalized spacial score (nSPS) is 33.1. The average molecular weight is 302 g/mol. The Balaban J connectivity index is 2.00. The highest BCUT2D eigenvalue weighted by Crippen LogP contribution is 2.39. The lowest BCUT2D eigenvalue weighted by Gasteiger charge is -2.37. The smallest absolute Gasteiger partial charge is 0.338 e. The molecule has 0 saturated carbocycles. The first-order valence-corrected chi connectivity index (χ1v) is 10.0. The summed E-state index contributed by atoms with van der Waals surface area (Å²) in [4.78, 5) is 11.8. The van der Waals surface area contributed by atoms with Crippen LogP contribution in [0.25, 0.3) is 0 Å². The van der Waals surface area contributed by atoms with E-state index in [0.29, 0.717) is 6.61 Å². The second kappa shape index (κ2) is 4.80. The van der Waals surface area contributed by atoms with Gasteiger partial charge in [-0.05, 0) is 32.0 Å². The number of cyclic esters (lactones) is 1. The Kier molecular flexibility index (Phi) is 3.82. The van der Waals surface area contributed by atoms with Gasteiger partial charge in [-0.3, -0.25) is 0 Å². The standard InChI is InChI=1S/C14H26O5Si/c1-13(2,3)20(6,7)16-8-9-10-11(12(15)17-9)19-14(4,5)18-10/h9-11H,8H2,1-7H3/t9-,10+,11+/m1/s1. The molecular weight excluding hydrogens is 276 g/mol. The number of hydrogen-bond acceptors (Lipinski definition) is 5. The van der Waals surface area contributed by atoms with Crippen LogP contribution in [-0.2, 0) is 23.4 Å². The summed E-state index contributed by atoms with van der Waals surface area (Å²) in [6.07, 6.45) is -1.34. The summed E-state index contributed by atoms with van der Waals surface area (Å²) in [5.74, 6) is -1.08. The molecule has 2 rings (SSSR count). The van der Waals surface area contributed by atoms with E-state index in [1.54, 1.807) is 0 Å². The second-order valence-electron chi connectivity index (χ2n) is 7.57. The molecule has 116 valence electrons. The first-order valence-electron chi connectivity index (χ1n) is 7.13. The number of carbonyl (C=O) groups excluding carboxylic acids is 1. The fourth-order valence-corrected chi connectivity index (χ4v) is 3.18. The number of rotatable bonds is 3. The maximum Gasteiger partial charge on any atom is 0.338 e. The summed E-state index contributed by atoms with van der Waals surface area (Å²) in [6, 6.07) is 0. The molecule has 2 heterocycles. The highest BCUT2D eigenvalue weighted by atomic mass is 28.4. The van der Waals surface area contributed by atoms with Gasteiger partial charge in [0.25, 0.3) is 0 Å². The van der Waals surface area contributed by atoms with Crippen molar-refractivity contribution in [2.75, 3.05) is 6.61 Å². The topological polar surface area (TPSA) is 54.0 Å². The fraction of sp³-hybridized carbons (Fsp3) is 0.929. The van der Waals surface area contributed by atoms with Gasteiger partial charge in [0, 0.05) is 0 Å². The average Bonchev–Trinajstić information content (AvgIpc) is 2.70. The van der Waals surface area contributed by atoms with E-state index in [1.165, 1.54) is 0 Å². The Labute approximate surface area is 122 Å². The predicted molar refractivity (Wildman–Crippen MR) is 76.9 cm³/mol. The molecule has 2 fully saturated rings. The molecule has 0 bridgehead atoms. The largest absolute Gasteiger partial charge is 0.455 e. The third-order valence-electron chi connectivity index (χ3n) is 4.41. The Morgan fingerprint density at radius 3 is 2.40 bits per heavy atom. The van der Waals surface area contributed by atoms with Gasteiger partial charge < -0.3 is 18.6 Å². The molecule has 0 aromatic heterocycles. The number of carbonyl (C=O) groups is 1. The summed E-state index contributed by atoms with van der Waals surface area (Å²) >= 11 is 0. The highest BCUT2D eigenvalue weighted by Gasteiger charge is 2.56. The van der Waals surface area contributed by atoms with Gasteiger partial charge >= 0.3 is 5.97 Å². The first-order chi connectivity index (χ1) is 8.93. The van der Waals surface area contributed by atoms with E-state index in [4.69, 9.17) is 18.6 Å². The van der Waals surface area contributed by atoms with E-state index in [9.17, 15) is 4.79 Å². The third-order valence-corrected chi connectivity index (χ3v) is 8.91. The predicted octanol–water partition coefficient (Wildman–Crippen LogP) is 2.45. The van der Waals surface area contributed by atoms with Crippen LogP contribution in [0.5, 0.6) is 0 Å². The molecule has 2 aliphatic heterocycles. The summed E-state index contributed by atoms with van der Waals surface area (Å²) in [7, 11) is -1.86. The van der Waals surface area contributed by atoms with Gasteiger partial charge in [-0.25, -0.2) is 4.79 Å². The summed E-state index contributed by atoms with van der Waals surface area (Å²) in [5, 5.41) is 0.126. The van der Waals surface area contributed by atoms with E-state index >= 15 is 0 Å². The molecule has 0 amide bonds. The van der Waals surface area contributed by atoms with Crippen molar-refractivity contribution in [1.82, 2.24) is 0 Å². The van der Waals surface area contributed by atoms with Crippen LogP contribution in [0.1, 0.15) is 34.6 Å². The van der Waals surface area contributed by atoms with Crippen molar-refractivity contribution in [2.45, 2.75) is 76.8 Å². The van der Waals surface area contributed by atoms with Crippen molar-refractivity contribution >= 4 is 14.3 Å². The van der Waals surface area contributed by atoms with E-state index < -0.39 is 20.2 Å². The minimum absolute atomic E-state index is 0.126. The molecule has 6 heteroatoms. The molecule has 2 saturated heterocycles. The van der Waals surface area contributed by atoms with E-state index in [1.807, 2.05) is 13.8 Å². The van der Waals surface area contributed by atoms with E-state index in [2.05, 4.69) is 33.9 Å². The Morgan fingerprint density at radius 2 is 1.85 bits per heavy atom. The molecule has 0 unspecified atom stereocenters. The van der Waals surface area contributed by atoms with Gasteiger partial charge in [0.05, 0.1) is 6.61 Å². The molecule has 0 aliphatic carbocycles. The maximum atomic E-state index is 11.8. The van der Waals surface area contributed by atoms with Crippen LogP contribution >= 0.6 is 0 Å². The van der Waals surface area contributed by atoms with Crippen molar-refractivity contribution in [3.63, 3.8) is 0 Å². The molecule has 20 heavy (non-hydrogen) atoms. The van der Waals surface area contributed by atoms with Crippen LogP contribution in [0.2, 0.25) is 18.1 Å². The molecule has 3 atom stereocenters. The molecule has 0 aromatic carbocycles. The van der Waals surface area contributed by atoms with E-state index in [0.717, 1.165) is 0 Å². The van der Waals surface area contributed by atoms with E-state index in [-0.39, 0.29) is 23.2 Å². The summed E-state index contributed by atoms with van der Waals surface area (Å²) in [5.41, 5.74) is 0. The maximum absolute atomic E-state index is 11.8. The van der Waals surface area contributed by atoms with Crippen LogP contribution in [0.3, 0.4) is 0 Å². The van der Waals surface area contributed by atoms with Crippen LogP contribution < -0.4 is 0 Å². The van der Waals surface area contributed by atoms with Crippen LogP contribution in [-0.4, -0.2) is 45.0 Å². The number of esters is 1. The lowest BCUT2D eigenvalue weighted by Crippen LogP contribution is -2.44. The van der Waals surface area contributed by atoms with Crippen molar-refractivity contribution < 1.29 is 23.4 Å². The monoisotopic (exact) mass is 302 g/mol. The molecule has 5 nitrogen and oxygen atoms in total. The van der Waals surface area contributed by atoms with Crippen LogP contribution in [0, 0.1) is 0 Å². The Morgan fingerprint density at radius 1 is 1.25 bits per heavy atom. The van der Waals surface area contributed by atoms with Gasteiger partial charge in [-0.2, -0.15) is 0 Å². The number of fused-ring (bicyclic) bond motifs is 1. The van der Waals surface area contributed by atoms with Gasteiger partial charge in [0.15, 0.2) is 26.3 Å². The summed E-state index contributed by atoms with van der Waals surface area (Å²) in [6.45, 7) is 14.9. The van der Waals surface area contributed by atoms with Crippen molar-refractivity contribution in [3.05, 3.63) is 0 Å². The van der Waals surface area contributed by atoms with Crippen LogP contribution in [0.4, 0.5) is 0 Å². The van der Waals surface area contributed by atoms with Gasteiger partial charge in [-0.1, -0.05) is 20.8 Å². The molecule has 2 aliphatic rings. The SMILES string of the molecule is CC1(C)O[C@@H]2[C@H](O1)C(=O)O[C@@H]2CO[Si](C)(C)C(C)(C)C. The lowest BCUT2D eigenvalue weighted by atomic mass is 10.1. The minimum Gasteiger partial charge on any atom is -0.455 e. The van der Waals surface area contributed by atoms with Crippen molar-refractivity contribution in [3.8, 4) is 0 Å². The Bertz CT molecular complexity index is 399. The highest BCUT2D eigenvalue weighted by molar-refractivity contribution is 6.74.